The molecule has 1 aliphatic rings. The Morgan fingerprint density at radius 3 is 2.49 bits per heavy atom. The number of nitrogens with one attached hydrogen (secondary N) is 1. The first kappa shape index (κ1) is 28.9. The minimum absolute atomic E-state index is 0.0573. The fraction of sp³-hybridized carbons (Fsp3) is 0.333. The number of hydrogen-bond donors (Lipinski definition) is 1. The van der Waals surface area contributed by atoms with E-state index in [1.165, 1.54) is 23.1 Å². The molecule has 0 saturated heterocycles. The molecule has 2 atom stereocenters. The van der Waals surface area contributed by atoms with Gasteiger partial charge in [0.05, 0.1) is 11.1 Å². The minimum Gasteiger partial charge on any atom is -0.491 e. The number of benzene rings is 3. The van der Waals surface area contributed by atoms with Gasteiger partial charge in [0.2, 0.25) is 0 Å². The zero-order valence-corrected chi connectivity index (χ0v) is 24.4. The van der Waals surface area contributed by atoms with E-state index >= 15 is 0 Å². The number of carbonyl (C=O) groups is 2. The monoisotopic (exact) mass is 616 g/mol. The lowest BCUT2D eigenvalue weighted by Gasteiger charge is -2.24. The van der Waals surface area contributed by atoms with E-state index in [4.69, 9.17) is 21.1 Å². The first-order chi connectivity index (χ1) is 18.6. The Kier molecular flexibility index (Phi) is 9.51. The molecule has 9 heteroatoms. The van der Waals surface area contributed by atoms with Crippen LogP contribution in [-0.2, 0) is 16.1 Å². The second-order valence-corrected chi connectivity index (χ2v) is 11.3. The third-order valence-electron chi connectivity index (χ3n) is 6.61. The van der Waals surface area contributed by atoms with Crippen LogP contribution in [0.15, 0.2) is 65.1 Å². The summed E-state index contributed by atoms with van der Waals surface area (Å²) in [5, 5.41) is 2.91. The van der Waals surface area contributed by atoms with Crippen LogP contribution in [0.1, 0.15) is 50.2 Å². The van der Waals surface area contributed by atoms with E-state index in [1.807, 2.05) is 44.2 Å². The molecule has 206 valence electrons. The van der Waals surface area contributed by atoms with Gasteiger partial charge < -0.3 is 19.7 Å². The Bertz CT molecular complexity index is 1340. The number of carbonyl (C=O) groups excluding carboxylic acids is 2. The van der Waals surface area contributed by atoms with Crippen LogP contribution < -0.4 is 14.8 Å². The molecule has 0 aromatic heterocycles. The molecule has 6 nitrogen and oxygen atoms in total. The van der Waals surface area contributed by atoms with Crippen molar-refractivity contribution in [3.05, 3.63) is 87.1 Å². The Morgan fingerprint density at radius 1 is 1.08 bits per heavy atom. The summed E-state index contributed by atoms with van der Waals surface area (Å²) in [5.74, 6) is -0.0795. The van der Waals surface area contributed by atoms with Crippen molar-refractivity contribution in [3.8, 4) is 17.2 Å². The van der Waals surface area contributed by atoms with E-state index in [9.17, 15) is 14.0 Å². The van der Waals surface area contributed by atoms with E-state index < -0.39 is 17.6 Å². The van der Waals surface area contributed by atoms with Crippen LogP contribution in [-0.4, -0.2) is 35.9 Å². The van der Waals surface area contributed by atoms with Gasteiger partial charge in [-0.25, -0.2) is 4.39 Å². The summed E-state index contributed by atoms with van der Waals surface area (Å²) in [6, 6.07) is 17.3. The normalized spacial score (nSPS) is 16.7. The molecule has 3 aromatic rings. The lowest BCUT2D eigenvalue weighted by Crippen LogP contribution is -2.45. The van der Waals surface area contributed by atoms with Crippen molar-refractivity contribution in [2.75, 3.05) is 7.05 Å². The maximum Gasteiger partial charge on any atom is 0.311 e. The molecule has 1 saturated carbocycles. The molecular weight excluding hydrogens is 587 g/mol. The summed E-state index contributed by atoms with van der Waals surface area (Å²) < 4.78 is 26.0. The van der Waals surface area contributed by atoms with Crippen LogP contribution in [0.2, 0.25) is 5.02 Å². The molecule has 39 heavy (non-hydrogen) atoms. The highest BCUT2D eigenvalue weighted by atomic mass is 79.9. The van der Waals surface area contributed by atoms with Crippen LogP contribution >= 0.6 is 27.5 Å². The molecule has 1 fully saturated rings. The van der Waals surface area contributed by atoms with Gasteiger partial charge >= 0.3 is 11.8 Å². The highest BCUT2D eigenvalue weighted by Crippen LogP contribution is 2.36. The number of amides is 2. The van der Waals surface area contributed by atoms with Gasteiger partial charge in [0.25, 0.3) is 0 Å². The van der Waals surface area contributed by atoms with Crippen molar-refractivity contribution in [2.45, 2.75) is 57.7 Å². The molecular formula is C30H31BrClFN2O4. The summed E-state index contributed by atoms with van der Waals surface area (Å²) in [4.78, 5) is 27.4. The fourth-order valence-electron chi connectivity index (χ4n) is 4.75. The average molecular weight is 618 g/mol. The molecule has 1 N–H and O–H groups in total. The third kappa shape index (κ3) is 7.51. The van der Waals surface area contributed by atoms with Crippen molar-refractivity contribution in [2.24, 2.45) is 0 Å². The van der Waals surface area contributed by atoms with Crippen LogP contribution in [0.4, 0.5) is 4.39 Å². The number of nitrogens with zero attached hydrogens (tertiary/aromatic N) is 1. The van der Waals surface area contributed by atoms with Gasteiger partial charge in [-0.2, -0.15) is 0 Å². The highest BCUT2D eigenvalue weighted by Gasteiger charge is 2.32. The maximum absolute atomic E-state index is 13.6. The van der Waals surface area contributed by atoms with E-state index in [0.717, 1.165) is 35.0 Å². The predicted octanol–water partition coefficient (Wildman–Crippen LogP) is 7.23. The lowest BCUT2D eigenvalue weighted by atomic mass is 9.94. The van der Waals surface area contributed by atoms with Gasteiger partial charge in [-0.15, -0.1) is 0 Å². The van der Waals surface area contributed by atoms with Crippen LogP contribution in [0.5, 0.6) is 17.2 Å². The molecule has 3 aromatic carbocycles. The number of likely N-dealkylation sites (N-methyl/N-ethyl adjacent to an activating group) is 1. The summed E-state index contributed by atoms with van der Waals surface area (Å²) in [5.41, 5.74) is 1.79. The zero-order chi connectivity index (χ0) is 28.1. The fourth-order valence-corrected chi connectivity index (χ4v) is 5.26. The Labute approximate surface area is 241 Å². The molecule has 0 spiro atoms. The highest BCUT2D eigenvalue weighted by molar-refractivity contribution is 9.10. The smallest absolute Gasteiger partial charge is 0.311 e. The third-order valence-corrected chi connectivity index (χ3v) is 7.39. The summed E-state index contributed by atoms with van der Waals surface area (Å²) >= 11 is 9.31. The Balaban J connectivity index is 1.40. The molecule has 1 aliphatic carbocycles. The maximum atomic E-state index is 13.6. The number of rotatable bonds is 8. The molecule has 2 unspecified atom stereocenters. The van der Waals surface area contributed by atoms with Crippen molar-refractivity contribution in [3.63, 3.8) is 0 Å². The average Bonchev–Trinajstić information content (AvgIpc) is 3.35. The topological polar surface area (TPSA) is 67.9 Å². The first-order valence-corrected chi connectivity index (χ1v) is 14.0. The van der Waals surface area contributed by atoms with E-state index in [0.29, 0.717) is 17.1 Å². The summed E-state index contributed by atoms with van der Waals surface area (Å²) in [6.07, 6.45) is 2.81. The van der Waals surface area contributed by atoms with Gasteiger partial charge in [0, 0.05) is 41.7 Å². The van der Waals surface area contributed by atoms with Gasteiger partial charge in [-0.05, 0) is 68.7 Å². The van der Waals surface area contributed by atoms with Gasteiger partial charge in [-0.1, -0.05) is 52.2 Å². The van der Waals surface area contributed by atoms with Gasteiger partial charge in [0.1, 0.15) is 23.1 Å². The zero-order valence-electron chi connectivity index (χ0n) is 22.0. The lowest BCUT2D eigenvalue weighted by molar-refractivity contribution is -0.145. The number of ether oxygens (including phenoxy) is 2. The van der Waals surface area contributed by atoms with Crippen LogP contribution in [0, 0.1) is 5.82 Å². The van der Waals surface area contributed by atoms with Crippen molar-refractivity contribution >= 4 is 39.3 Å². The molecule has 4 rings (SSSR count). The first-order valence-electron chi connectivity index (χ1n) is 12.8. The summed E-state index contributed by atoms with van der Waals surface area (Å²) in [6.45, 7) is 4.10. The van der Waals surface area contributed by atoms with Crippen LogP contribution in [0.3, 0.4) is 0 Å². The van der Waals surface area contributed by atoms with E-state index in [-0.39, 0.29) is 29.6 Å². The van der Waals surface area contributed by atoms with Crippen molar-refractivity contribution in [1.82, 2.24) is 10.2 Å². The van der Waals surface area contributed by atoms with Crippen LogP contribution in [0.25, 0.3) is 0 Å². The molecule has 0 bridgehead atoms. The SMILES string of the molecule is CC(C)Oc1ccc(C2CCCC2NC(=O)C(=O)N(C)Cc2ccc(Br)cc2Oc2ccc(F)c(Cl)c2)cc1. The molecule has 0 radical (unpaired) electrons. The predicted molar refractivity (Wildman–Crippen MR) is 153 cm³/mol. The molecule has 0 aliphatic heterocycles. The van der Waals surface area contributed by atoms with E-state index in [2.05, 4.69) is 21.2 Å². The Morgan fingerprint density at radius 2 is 1.79 bits per heavy atom. The quantitative estimate of drug-likeness (QED) is 0.271. The van der Waals surface area contributed by atoms with Gasteiger partial charge in [0.15, 0.2) is 0 Å². The second-order valence-electron chi connectivity index (χ2n) is 9.94. The standard InChI is InChI=1S/C30H31BrClFN2O4/c1-18(2)38-22-11-8-19(9-12-22)24-5-4-6-27(24)34-29(36)30(37)35(3)17-20-7-10-21(31)15-28(20)39-23-13-14-26(33)25(32)16-23/h7-16,18,24,27H,4-6,17H2,1-3H3,(H,34,36). The Hall–Kier alpha value is -3.10. The number of hydrogen-bond acceptors (Lipinski definition) is 4. The molecule has 0 heterocycles. The summed E-state index contributed by atoms with van der Waals surface area (Å²) in [7, 11) is 1.57. The second kappa shape index (κ2) is 12.8. The van der Waals surface area contributed by atoms with Gasteiger partial charge in [-0.3, -0.25) is 9.59 Å². The van der Waals surface area contributed by atoms with Crippen molar-refractivity contribution in [1.29, 1.82) is 0 Å². The van der Waals surface area contributed by atoms with Crippen molar-refractivity contribution < 1.29 is 23.5 Å². The number of halogens is 3. The minimum atomic E-state index is -0.640. The molecule has 2 amide bonds. The van der Waals surface area contributed by atoms with E-state index in [1.54, 1.807) is 19.2 Å². The largest absolute Gasteiger partial charge is 0.491 e.